The highest BCUT2D eigenvalue weighted by Crippen LogP contribution is 2.29. The van der Waals surface area contributed by atoms with Gasteiger partial charge in [0.05, 0.1) is 19.1 Å². The Balaban J connectivity index is 2.27. The summed E-state index contributed by atoms with van der Waals surface area (Å²) in [7, 11) is -0.520. The van der Waals surface area contributed by atoms with Crippen LogP contribution in [0, 0.1) is 6.92 Å². The minimum Gasteiger partial charge on any atom is -0.493 e. The minimum absolute atomic E-state index is 0.124. The van der Waals surface area contributed by atoms with Gasteiger partial charge in [-0.05, 0) is 47.2 Å². The quantitative estimate of drug-likeness (QED) is 0.832. The van der Waals surface area contributed by atoms with Gasteiger partial charge in [0.1, 0.15) is 0 Å². The molecule has 0 fully saturated rings. The van der Waals surface area contributed by atoms with Crippen LogP contribution in [0.1, 0.15) is 37.5 Å². The molecule has 0 radical (unpaired) electrons. The maximum atomic E-state index is 12.8. The Labute approximate surface area is 156 Å². The lowest BCUT2D eigenvalue weighted by atomic mass is 9.87. The van der Waals surface area contributed by atoms with Crippen LogP contribution in [-0.4, -0.2) is 22.6 Å². The second-order valence-corrected chi connectivity index (χ2v) is 8.98. The van der Waals surface area contributed by atoms with E-state index in [4.69, 9.17) is 9.47 Å². The van der Waals surface area contributed by atoms with E-state index in [1.54, 1.807) is 39.3 Å². The Hall–Kier alpha value is -2.05. The van der Waals surface area contributed by atoms with Gasteiger partial charge in [-0.3, -0.25) is 0 Å². The Morgan fingerprint density at radius 2 is 1.62 bits per heavy atom. The van der Waals surface area contributed by atoms with Crippen molar-refractivity contribution in [2.24, 2.45) is 0 Å². The van der Waals surface area contributed by atoms with Gasteiger partial charge in [0.2, 0.25) is 10.0 Å². The largest absolute Gasteiger partial charge is 0.493 e. The summed E-state index contributed by atoms with van der Waals surface area (Å²) in [6.07, 6.45) is 0. The number of rotatable bonds is 6. The number of methoxy groups -OCH3 is 2. The van der Waals surface area contributed by atoms with Gasteiger partial charge in [-0.15, -0.1) is 0 Å². The monoisotopic (exact) mass is 377 g/mol. The van der Waals surface area contributed by atoms with E-state index in [2.05, 4.69) is 25.5 Å². The number of ether oxygens (including phenoxy) is 2. The van der Waals surface area contributed by atoms with E-state index < -0.39 is 10.0 Å². The van der Waals surface area contributed by atoms with Gasteiger partial charge in [-0.2, -0.15) is 0 Å². The highest BCUT2D eigenvalue weighted by Gasteiger charge is 2.21. The van der Waals surface area contributed by atoms with E-state index in [1.807, 2.05) is 18.2 Å². The third-order valence-corrected chi connectivity index (χ3v) is 5.80. The van der Waals surface area contributed by atoms with Crippen molar-refractivity contribution in [3.8, 4) is 11.5 Å². The van der Waals surface area contributed by atoms with Crippen LogP contribution in [-0.2, 0) is 22.0 Å². The minimum atomic E-state index is -3.63. The summed E-state index contributed by atoms with van der Waals surface area (Å²) in [6.45, 7) is 8.15. The normalized spacial score (nSPS) is 12.1. The molecule has 6 heteroatoms. The molecule has 0 aliphatic heterocycles. The van der Waals surface area contributed by atoms with E-state index in [0.29, 0.717) is 16.4 Å². The smallest absolute Gasteiger partial charge is 0.241 e. The lowest BCUT2D eigenvalue weighted by Crippen LogP contribution is -2.25. The van der Waals surface area contributed by atoms with Gasteiger partial charge in [0, 0.05) is 6.54 Å². The Morgan fingerprint density at radius 3 is 2.19 bits per heavy atom. The molecule has 0 atom stereocenters. The summed E-state index contributed by atoms with van der Waals surface area (Å²) in [5.41, 5.74) is 2.37. The lowest BCUT2D eigenvalue weighted by molar-refractivity contribution is 0.354. The van der Waals surface area contributed by atoms with E-state index in [1.165, 1.54) is 0 Å². The molecule has 2 aromatic rings. The van der Waals surface area contributed by atoms with E-state index in [-0.39, 0.29) is 12.0 Å². The maximum absolute atomic E-state index is 12.8. The zero-order valence-electron chi connectivity index (χ0n) is 16.2. The predicted molar refractivity (Wildman–Crippen MR) is 103 cm³/mol. The average Bonchev–Trinajstić information content (AvgIpc) is 2.58. The van der Waals surface area contributed by atoms with Crippen LogP contribution < -0.4 is 14.2 Å². The molecule has 2 aromatic carbocycles. The van der Waals surface area contributed by atoms with Crippen LogP contribution in [0.15, 0.2) is 41.3 Å². The summed E-state index contributed by atoms with van der Waals surface area (Å²) < 4.78 is 38.8. The molecule has 0 aliphatic rings. The number of sulfonamides is 1. The SMILES string of the molecule is COc1ccc(CNS(=O)(=O)c2cc(C(C)(C)C)ccc2C)cc1OC. The number of hydrogen-bond donors (Lipinski definition) is 1. The van der Waals surface area contributed by atoms with Crippen molar-refractivity contribution >= 4 is 10.0 Å². The highest BCUT2D eigenvalue weighted by atomic mass is 32.2. The first-order valence-electron chi connectivity index (χ1n) is 8.40. The van der Waals surface area contributed by atoms with Gasteiger partial charge >= 0.3 is 0 Å². The third-order valence-electron chi connectivity index (χ3n) is 4.26. The first-order valence-corrected chi connectivity index (χ1v) is 9.88. The molecule has 0 aromatic heterocycles. The number of nitrogens with one attached hydrogen (secondary N) is 1. The number of hydrogen-bond acceptors (Lipinski definition) is 4. The fourth-order valence-corrected chi connectivity index (χ4v) is 3.89. The average molecular weight is 378 g/mol. The fourth-order valence-electron chi connectivity index (χ4n) is 2.60. The van der Waals surface area contributed by atoms with Gasteiger partial charge in [0.15, 0.2) is 11.5 Å². The summed E-state index contributed by atoms with van der Waals surface area (Å²) in [5.74, 6) is 1.17. The van der Waals surface area contributed by atoms with Gasteiger partial charge in [0.25, 0.3) is 0 Å². The van der Waals surface area contributed by atoms with Gasteiger partial charge in [-0.25, -0.2) is 13.1 Å². The first-order chi connectivity index (χ1) is 12.1. The van der Waals surface area contributed by atoms with Crippen LogP contribution in [0.3, 0.4) is 0 Å². The first kappa shape index (κ1) is 20.3. The molecule has 0 amide bonds. The number of benzene rings is 2. The number of aryl methyl sites for hydroxylation is 1. The van der Waals surface area contributed by atoms with E-state index in [9.17, 15) is 8.42 Å². The van der Waals surface area contributed by atoms with Crippen molar-refractivity contribution in [3.63, 3.8) is 0 Å². The zero-order valence-corrected chi connectivity index (χ0v) is 17.0. The van der Waals surface area contributed by atoms with E-state index >= 15 is 0 Å². The zero-order chi connectivity index (χ0) is 19.5. The van der Waals surface area contributed by atoms with Crippen molar-refractivity contribution in [3.05, 3.63) is 53.1 Å². The second kappa shape index (κ2) is 7.68. The van der Waals surface area contributed by atoms with Crippen LogP contribution in [0.5, 0.6) is 11.5 Å². The Morgan fingerprint density at radius 1 is 0.962 bits per heavy atom. The molecule has 142 valence electrons. The molecule has 0 saturated carbocycles. The predicted octanol–water partition coefficient (Wildman–Crippen LogP) is 3.79. The third kappa shape index (κ3) is 4.56. The molecular weight excluding hydrogens is 350 g/mol. The maximum Gasteiger partial charge on any atom is 0.241 e. The molecule has 0 spiro atoms. The van der Waals surface area contributed by atoms with Crippen LogP contribution in [0.4, 0.5) is 0 Å². The van der Waals surface area contributed by atoms with Crippen molar-refractivity contribution < 1.29 is 17.9 Å². The molecule has 26 heavy (non-hydrogen) atoms. The molecule has 1 N–H and O–H groups in total. The van der Waals surface area contributed by atoms with Crippen LogP contribution in [0.25, 0.3) is 0 Å². The fraction of sp³-hybridized carbons (Fsp3) is 0.400. The summed E-state index contributed by atoms with van der Waals surface area (Å²) in [6, 6.07) is 10.9. The molecule has 2 rings (SSSR count). The van der Waals surface area contributed by atoms with Crippen LogP contribution >= 0.6 is 0 Å². The Kier molecular flexibility index (Phi) is 5.98. The van der Waals surface area contributed by atoms with Crippen molar-refractivity contribution in [2.75, 3.05) is 14.2 Å². The van der Waals surface area contributed by atoms with Gasteiger partial charge in [-0.1, -0.05) is 39.0 Å². The van der Waals surface area contributed by atoms with E-state index in [0.717, 1.165) is 16.7 Å². The lowest BCUT2D eigenvalue weighted by Gasteiger charge is -2.21. The second-order valence-electron chi connectivity index (χ2n) is 7.24. The van der Waals surface area contributed by atoms with Gasteiger partial charge < -0.3 is 9.47 Å². The summed E-state index contributed by atoms with van der Waals surface area (Å²) >= 11 is 0. The van der Waals surface area contributed by atoms with Crippen molar-refractivity contribution in [2.45, 2.75) is 44.6 Å². The molecule has 0 bridgehead atoms. The summed E-state index contributed by atoms with van der Waals surface area (Å²) in [4.78, 5) is 0.311. The standard InChI is InChI=1S/C20H27NO4S/c1-14-7-9-16(20(2,3)4)12-19(14)26(22,23)21-13-15-8-10-17(24-5)18(11-15)25-6/h7-12,21H,13H2,1-6H3. The van der Waals surface area contributed by atoms with Crippen molar-refractivity contribution in [1.29, 1.82) is 0 Å². The summed E-state index contributed by atoms with van der Waals surface area (Å²) in [5, 5.41) is 0. The topological polar surface area (TPSA) is 64.6 Å². The van der Waals surface area contributed by atoms with Crippen molar-refractivity contribution in [1.82, 2.24) is 4.72 Å². The molecule has 0 heterocycles. The highest BCUT2D eigenvalue weighted by molar-refractivity contribution is 7.89. The molecule has 0 aliphatic carbocycles. The molecule has 0 unspecified atom stereocenters. The molecule has 5 nitrogen and oxygen atoms in total. The Bertz CT molecular complexity index is 883. The van der Waals surface area contributed by atoms with Crippen LogP contribution in [0.2, 0.25) is 0 Å². The molecular formula is C20H27NO4S. The molecule has 0 saturated heterocycles.